The maximum Gasteiger partial charge on any atom is 0.115 e. The Morgan fingerprint density at radius 3 is 2.36 bits per heavy atom. The van der Waals surface area contributed by atoms with E-state index in [4.69, 9.17) is 5.11 Å². The maximum absolute atomic E-state index is 9.60. The van der Waals surface area contributed by atoms with Gasteiger partial charge in [0.05, 0.1) is 6.10 Å². The van der Waals surface area contributed by atoms with Crippen LogP contribution in [0, 0.1) is 0 Å². The average Bonchev–Trinajstić information content (AvgIpc) is 2.15. The van der Waals surface area contributed by atoms with E-state index in [1.165, 1.54) is 0 Å². The van der Waals surface area contributed by atoms with E-state index in [2.05, 4.69) is 5.32 Å². The van der Waals surface area contributed by atoms with Crippen LogP contribution in [0.3, 0.4) is 0 Å². The van der Waals surface area contributed by atoms with Gasteiger partial charge in [0.25, 0.3) is 0 Å². The standard InChI is InChI=1S/C10H15NO2.ClH/c1-2-11-7-10(13)8-3-5-9(12)6-4-8;/h3-6,10-13H,2,7H2,1H3;1H. The molecule has 0 radical (unpaired) electrons. The van der Waals surface area contributed by atoms with E-state index in [1.807, 2.05) is 6.92 Å². The lowest BCUT2D eigenvalue weighted by Crippen LogP contribution is -2.20. The lowest BCUT2D eigenvalue weighted by atomic mass is 10.1. The number of phenolic OH excluding ortho intramolecular Hbond substituents is 1. The van der Waals surface area contributed by atoms with Gasteiger partial charge in [0.1, 0.15) is 5.75 Å². The van der Waals surface area contributed by atoms with Crippen molar-refractivity contribution >= 4 is 12.4 Å². The van der Waals surface area contributed by atoms with E-state index in [0.29, 0.717) is 6.54 Å². The van der Waals surface area contributed by atoms with Crippen LogP contribution < -0.4 is 5.32 Å². The number of nitrogens with one attached hydrogen (secondary N) is 1. The van der Waals surface area contributed by atoms with Crippen molar-refractivity contribution in [3.05, 3.63) is 29.8 Å². The maximum atomic E-state index is 9.60. The smallest absolute Gasteiger partial charge is 0.115 e. The van der Waals surface area contributed by atoms with E-state index < -0.39 is 6.10 Å². The Labute approximate surface area is 90.2 Å². The SMILES string of the molecule is CCNCC(O)c1ccc(O)cc1.Cl. The third kappa shape index (κ3) is 3.96. The molecular formula is C10H16ClNO2. The van der Waals surface area contributed by atoms with Gasteiger partial charge in [0.15, 0.2) is 0 Å². The summed E-state index contributed by atoms with van der Waals surface area (Å²) in [5.74, 6) is 0.222. The first-order valence-corrected chi connectivity index (χ1v) is 4.41. The fourth-order valence-corrected chi connectivity index (χ4v) is 1.10. The lowest BCUT2D eigenvalue weighted by Gasteiger charge is -2.10. The van der Waals surface area contributed by atoms with E-state index >= 15 is 0 Å². The molecule has 4 heteroatoms. The normalized spacial score (nSPS) is 11.9. The molecule has 0 spiro atoms. The van der Waals surface area contributed by atoms with E-state index in [0.717, 1.165) is 12.1 Å². The number of rotatable bonds is 4. The van der Waals surface area contributed by atoms with Crippen molar-refractivity contribution in [1.29, 1.82) is 0 Å². The number of aromatic hydroxyl groups is 1. The van der Waals surface area contributed by atoms with Gasteiger partial charge in [-0.1, -0.05) is 19.1 Å². The minimum absolute atomic E-state index is 0. The van der Waals surface area contributed by atoms with Crippen molar-refractivity contribution < 1.29 is 10.2 Å². The molecule has 1 aromatic rings. The summed E-state index contributed by atoms with van der Waals surface area (Å²) in [6.07, 6.45) is -0.499. The zero-order chi connectivity index (χ0) is 9.68. The third-order valence-electron chi connectivity index (χ3n) is 1.87. The number of hydrogen-bond acceptors (Lipinski definition) is 3. The summed E-state index contributed by atoms with van der Waals surface area (Å²) in [4.78, 5) is 0. The molecule has 0 aromatic heterocycles. The highest BCUT2D eigenvalue weighted by atomic mass is 35.5. The van der Waals surface area contributed by atoms with Crippen LogP contribution in [0.5, 0.6) is 5.75 Å². The molecule has 0 saturated carbocycles. The van der Waals surface area contributed by atoms with Crippen molar-refractivity contribution in [2.45, 2.75) is 13.0 Å². The molecule has 0 aliphatic rings. The molecule has 1 atom stereocenters. The fourth-order valence-electron chi connectivity index (χ4n) is 1.10. The minimum atomic E-state index is -0.499. The first-order valence-electron chi connectivity index (χ1n) is 4.41. The van der Waals surface area contributed by atoms with Gasteiger partial charge in [-0.25, -0.2) is 0 Å². The van der Waals surface area contributed by atoms with Crippen LogP contribution in [0.4, 0.5) is 0 Å². The Kier molecular flexibility index (Phi) is 6.28. The highest BCUT2D eigenvalue weighted by molar-refractivity contribution is 5.85. The number of likely N-dealkylation sites (N-methyl/N-ethyl adjacent to an activating group) is 1. The van der Waals surface area contributed by atoms with Gasteiger partial charge in [-0.05, 0) is 24.2 Å². The molecule has 0 bridgehead atoms. The number of halogens is 1. The molecule has 1 aromatic carbocycles. The molecular weight excluding hydrogens is 202 g/mol. The zero-order valence-corrected chi connectivity index (χ0v) is 8.92. The van der Waals surface area contributed by atoms with Crippen molar-refractivity contribution in [2.75, 3.05) is 13.1 Å². The molecule has 14 heavy (non-hydrogen) atoms. The Hall–Kier alpha value is -0.770. The van der Waals surface area contributed by atoms with E-state index in [1.54, 1.807) is 24.3 Å². The largest absolute Gasteiger partial charge is 0.508 e. The Morgan fingerprint density at radius 1 is 1.29 bits per heavy atom. The zero-order valence-electron chi connectivity index (χ0n) is 8.10. The van der Waals surface area contributed by atoms with Gasteiger partial charge < -0.3 is 15.5 Å². The van der Waals surface area contributed by atoms with Crippen molar-refractivity contribution in [1.82, 2.24) is 5.32 Å². The first kappa shape index (κ1) is 13.2. The Morgan fingerprint density at radius 2 is 1.86 bits per heavy atom. The number of hydrogen-bond donors (Lipinski definition) is 3. The molecule has 0 saturated heterocycles. The Balaban J connectivity index is 0.00000169. The molecule has 0 heterocycles. The number of phenols is 1. The van der Waals surface area contributed by atoms with E-state index in [-0.39, 0.29) is 18.2 Å². The van der Waals surface area contributed by atoms with Crippen molar-refractivity contribution in [3.8, 4) is 5.75 Å². The van der Waals surface area contributed by atoms with Gasteiger partial charge >= 0.3 is 0 Å². The van der Waals surface area contributed by atoms with Crippen LogP contribution in [0.2, 0.25) is 0 Å². The predicted molar refractivity (Wildman–Crippen MR) is 58.9 cm³/mol. The van der Waals surface area contributed by atoms with Crippen molar-refractivity contribution in [2.24, 2.45) is 0 Å². The summed E-state index contributed by atoms with van der Waals surface area (Å²) in [6, 6.07) is 6.59. The number of aliphatic hydroxyl groups is 1. The van der Waals surface area contributed by atoms with Crippen LogP contribution >= 0.6 is 12.4 Å². The summed E-state index contributed by atoms with van der Waals surface area (Å²) >= 11 is 0. The summed E-state index contributed by atoms with van der Waals surface area (Å²) in [5.41, 5.74) is 0.818. The quantitative estimate of drug-likeness (QED) is 0.716. The summed E-state index contributed by atoms with van der Waals surface area (Å²) in [7, 11) is 0. The highest BCUT2D eigenvalue weighted by Gasteiger charge is 2.05. The predicted octanol–water partition coefficient (Wildman–Crippen LogP) is 1.46. The van der Waals surface area contributed by atoms with Crippen molar-refractivity contribution in [3.63, 3.8) is 0 Å². The molecule has 0 amide bonds. The highest BCUT2D eigenvalue weighted by Crippen LogP contribution is 2.15. The van der Waals surface area contributed by atoms with Crippen LogP contribution in [0.15, 0.2) is 24.3 Å². The first-order chi connectivity index (χ1) is 6.24. The third-order valence-corrected chi connectivity index (χ3v) is 1.87. The van der Waals surface area contributed by atoms with Crippen LogP contribution in [0.1, 0.15) is 18.6 Å². The van der Waals surface area contributed by atoms with Crippen LogP contribution in [0.25, 0.3) is 0 Å². The average molecular weight is 218 g/mol. The van der Waals surface area contributed by atoms with Crippen LogP contribution in [-0.4, -0.2) is 23.3 Å². The van der Waals surface area contributed by atoms with Crippen LogP contribution in [-0.2, 0) is 0 Å². The number of benzene rings is 1. The van der Waals surface area contributed by atoms with Gasteiger partial charge in [0, 0.05) is 6.54 Å². The molecule has 0 aliphatic heterocycles. The molecule has 3 N–H and O–H groups in total. The fraction of sp³-hybridized carbons (Fsp3) is 0.400. The second-order valence-corrected chi connectivity index (χ2v) is 2.92. The summed E-state index contributed by atoms with van der Waals surface area (Å²) in [6.45, 7) is 3.37. The molecule has 3 nitrogen and oxygen atoms in total. The molecule has 1 rings (SSSR count). The molecule has 1 unspecified atom stereocenters. The van der Waals surface area contributed by atoms with Gasteiger partial charge in [0.2, 0.25) is 0 Å². The summed E-state index contributed by atoms with van der Waals surface area (Å²) in [5, 5.41) is 21.7. The van der Waals surface area contributed by atoms with Gasteiger partial charge in [-0.2, -0.15) is 0 Å². The summed E-state index contributed by atoms with van der Waals surface area (Å²) < 4.78 is 0. The second-order valence-electron chi connectivity index (χ2n) is 2.92. The Bertz CT molecular complexity index is 251. The monoisotopic (exact) mass is 217 g/mol. The lowest BCUT2D eigenvalue weighted by molar-refractivity contribution is 0.175. The van der Waals surface area contributed by atoms with Gasteiger partial charge in [-0.15, -0.1) is 12.4 Å². The second kappa shape index (κ2) is 6.65. The minimum Gasteiger partial charge on any atom is -0.508 e. The number of aliphatic hydroxyl groups excluding tert-OH is 1. The topological polar surface area (TPSA) is 52.5 Å². The molecule has 0 fully saturated rings. The van der Waals surface area contributed by atoms with Gasteiger partial charge in [-0.3, -0.25) is 0 Å². The molecule has 0 aliphatic carbocycles. The van der Waals surface area contributed by atoms with E-state index in [9.17, 15) is 5.11 Å². The molecule has 80 valence electrons.